The molecule has 1 unspecified atom stereocenters. The van der Waals surface area contributed by atoms with Crippen LogP contribution in [0.25, 0.3) is 0 Å². The summed E-state index contributed by atoms with van der Waals surface area (Å²) >= 11 is 5.92. The Bertz CT molecular complexity index is 384. The first-order chi connectivity index (χ1) is 6.60. The van der Waals surface area contributed by atoms with Crippen LogP contribution in [-0.4, -0.2) is 7.11 Å². The van der Waals surface area contributed by atoms with E-state index in [1.54, 1.807) is 12.1 Å². The van der Waals surface area contributed by atoms with Crippen molar-refractivity contribution in [1.82, 2.24) is 0 Å². The molecule has 74 valence electrons. The summed E-state index contributed by atoms with van der Waals surface area (Å²) < 4.78 is 5.11. The van der Waals surface area contributed by atoms with Gasteiger partial charge in [-0.15, -0.1) is 0 Å². The van der Waals surface area contributed by atoms with Crippen LogP contribution >= 0.6 is 11.6 Å². The number of nitrogens with two attached hydrogens (primary N) is 1. The summed E-state index contributed by atoms with van der Waals surface area (Å²) in [6, 6.07) is 4.68. The molecule has 3 nitrogen and oxygen atoms in total. The van der Waals surface area contributed by atoms with E-state index >= 15 is 0 Å². The number of hydrogen-bond acceptors (Lipinski definition) is 3. The zero-order valence-electron chi connectivity index (χ0n) is 8.04. The predicted octanol–water partition coefficient (Wildman–Crippen LogP) is 2.18. The van der Waals surface area contributed by atoms with Crippen LogP contribution in [0.15, 0.2) is 12.1 Å². The summed E-state index contributed by atoms with van der Waals surface area (Å²) in [5, 5.41) is 9.28. The Hall–Kier alpha value is -1.24. The van der Waals surface area contributed by atoms with Crippen molar-refractivity contribution < 1.29 is 4.74 Å². The van der Waals surface area contributed by atoms with E-state index in [-0.39, 0.29) is 0 Å². The second-order valence-corrected chi connectivity index (χ2v) is 3.36. The maximum Gasteiger partial charge on any atom is 0.125 e. The molecule has 2 N–H and O–H groups in total. The number of aryl methyl sites for hydroxylation is 1. The molecule has 0 spiro atoms. The van der Waals surface area contributed by atoms with Gasteiger partial charge in [0.1, 0.15) is 11.8 Å². The zero-order chi connectivity index (χ0) is 10.7. The van der Waals surface area contributed by atoms with Crippen molar-refractivity contribution >= 4 is 11.6 Å². The molecule has 0 aliphatic heterocycles. The number of methoxy groups -OCH3 is 1. The van der Waals surface area contributed by atoms with Gasteiger partial charge >= 0.3 is 0 Å². The Morgan fingerprint density at radius 3 is 2.71 bits per heavy atom. The molecular formula is C10H11ClN2O. The van der Waals surface area contributed by atoms with E-state index in [4.69, 9.17) is 27.3 Å². The van der Waals surface area contributed by atoms with Crippen LogP contribution in [-0.2, 0) is 0 Å². The molecule has 1 aromatic carbocycles. The number of halogens is 1. The minimum Gasteiger partial charge on any atom is -0.496 e. The van der Waals surface area contributed by atoms with Crippen LogP contribution in [0.4, 0.5) is 0 Å². The summed E-state index contributed by atoms with van der Waals surface area (Å²) in [4.78, 5) is 0. The van der Waals surface area contributed by atoms with Crippen LogP contribution in [0.5, 0.6) is 5.75 Å². The van der Waals surface area contributed by atoms with E-state index in [0.717, 1.165) is 5.56 Å². The topological polar surface area (TPSA) is 59.0 Å². The van der Waals surface area contributed by atoms with Crippen molar-refractivity contribution in [3.05, 3.63) is 28.3 Å². The number of nitriles is 1. The van der Waals surface area contributed by atoms with Gasteiger partial charge in [-0.3, -0.25) is 0 Å². The fourth-order valence-corrected chi connectivity index (χ4v) is 1.33. The standard InChI is InChI=1S/C10H11ClN2O/c1-6-3-10(14-2)7(4-8(6)11)9(13)5-12/h3-4,9H,13H2,1-2H3. The molecular weight excluding hydrogens is 200 g/mol. The Kier molecular flexibility index (Phi) is 3.34. The zero-order valence-corrected chi connectivity index (χ0v) is 8.80. The lowest BCUT2D eigenvalue weighted by Gasteiger charge is -2.11. The summed E-state index contributed by atoms with van der Waals surface area (Å²) in [6.45, 7) is 1.87. The SMILES string of the molecule is COc1cc(C)c(Cl)cc1C(N)C#N. The highest BCUT2D eigenvalue weighted by molar-refractivity contribution is 6.31. The minimum atomic E-state index is -0.706. The van der Waals surface area contributed by atoms with Crippen molar-refractivity contribution in [3.8, 4) is 11.8 Å². The number of ether oxygens (including phenoxy) is 1. The molecule has 1 aromatic rings. The van der Waals surface area contributed by atoms with E-state index in [0.29, 0.717) is 16.3 Å². The second kappa shape index (κ2) is 4.32. The molecule has 14 heavy (non-hydrogen) atoms. The highest BCUT2D eigenvalue weighted by Gasteiger charge is 2.13. The van der Waals surface area contributed by atoms with Crippen LogP contribution < -0.4 is 10.5 Å². The van der Waals surface area contributed by atoms with Gasteiger partial charge in [-0.05, 0) is 24.6 Å². The lowest BCUT2D eigenvalue weighted by atomic mass is 10.1. The average Bonchev–Trinajstić information content (AvgIpc) is 2.20. The molecule has 0 aliphatic rings. The van der Waals surface area contributed by atoms with Crippen LogP contribution in [0.1, 0.15) is 17.2 Å². The highest BCUT2D eigenvalue weighted by Crippen LogP contribution is 2.29. The van der Waals surface area contributed by atoms with Gasteiger partial charge in [0.25, 0.3) is 0 Å². The molecule has 1 rings (SSSR count). The van der Waals surface area contributed by atoms with Gasteiger partial charge < -0.3 is 10.5 Å². The molecule has 0 radical (unpaired) electrons. The average molecular weight is 211 g/mol. The molecule has 0 amide bonds. The van der Waals surface area contributed by atoms with Gasteiger partial charge in [0.15, 0.2) is 0 Å². The second-order valence-electron chi connectivity index (χ2n) is 2.95. The summed E-state index contributed by atoms with van der Waals surface area (Å²) in [6.07, 6.45) is 0. The van der Waals surface area contributed by atoms with Gasteiger partial charge in [0.05, 0.1) is 13.2 Å². The van der Waals surface area contributed by atoms with E-state index in [1.807, 2.05) is 13.0 Å². The molecule has 0 fully saturated rings. The Labute approximate surface area is 88.0 Å². The molecule has 0 aromatic heterocycles. The monoisotopic (exact) mass is 210 g/mol. The lowest BCUT2D eigenvalue weighted by molar-refractivity contribution is 0.408. The van der Waals surface area contributed by atoms with Crippen LogP contribution in [0, 0.1) is 18.3 Å². The molecule has 0 heterocycles. The number of rotatable bonds is 2. The van der Waals surface area contributed by atoms with Crippen molar-refractivity contribution in [3.63, 3.8) is 0 Å². The highest BCUT2D eigenvalue weighted by atomic mass is 35.5. The smallest absolute Gasteiger partial charge is 0.125 e. The van der Waals surface area contributed by atoms with E-state index in [9.17, 15) is 0 Å². The Balaban J connectivity index is 3.28. The number of hydrogen-bond donors (Lipinski definition) is 1. The number of benzene rings is 1. The van der Waals surface area contributed by atoms with Gasteiger partial charge in [-0.25, -0.2) is 0 Å². The molecule has 0 bridgehead atoms. The third-order valence-electron chi connectivity index (χ3n) is 1.99. The quantitative estimate of drug-likeness (QED) is 0.814. The van der Waals surface area contributed by atoms with E-state index in [1.165, 1.54) is 7.11 Å². The molecule has 4 heteroatoms. The van der Waals surface area contributed by atoms with Gasteiger partial charge in [-0.1, -0.05) is 11.6 Å². The van der Waals surface area contributed by atoms with Gasteiger partial charge in [-0.2, -0.15) is 5.26 Å². The Morgan fingerprint density at radius 1 is 1.57 bits per heavy atom. The van der Waals surface area contributed by atoms with E-state index in [2.05, 4.69) is 0 Å². The van der Waals surface area contributed by atoms with E-state index < -0.39 is 6.04 Å². The summed E-state index contributed by atoms with van der Waals surface area (Å²) in [5.74, 6) is 0.598. The maximum atomic E-state index is 8.69. The molecule has 0 saturated heterocycles. The predicted molar refractivity (Wildman–Crippen MR) is 55.3 cm³/mol. The maximum absolute atomic E-state index is 8.69. The van der Waals surface area contributed by atoms with Gasteiger partial charge in [0, 0.05) is 10.6 Å². The third-order valence-corrected chi connectivity index (χ3v) is 2.39. The van der Waals surface area contributed by atoms with Crippen LogP contribution in [0.3, 0.4) is 0 Å². The first-order valence-electron chi connectivity index (χ1n) is 4.09. The Morgan fingerprint density at radius 2 is 2.21 bits per heavy atom. The largest absolute Gasteiger partial charge is 0.496 e. The van der Waals surface area contributed by atoms with Crippen LogP contribution in [0.2, 0.25) is 5.02 Å². The molecule has 0 saturated carbocycles. The summed E-state index contributed by atoms with van der Waals surface area (Å²) in [7, 11) is 1.54. The van der Waals surface area contributed by atoms with Gasteiger partial charge in [0.2, 0.25) is 0 Å². The minimum absolute atomic E-state index is 0.589. The summed E-state index contributed by atoms with van der Waals surface area (Å²) in [5.41, 5.74) is 7.11. The van der Waals surface area contributed by atoms with Crippen molar-refractivity contribution in [1.29, 1.82) is 5.26 Å². The van der Waals surface area contributed by atoms with Crippen molar-refractivity contribution in [2.45, 2.75) is 13.0 Å². The van der Waals surface area contributed by atoms with Crippen molar-refractivity contribution in [2.24, 2.45) is 5.73 Å². The molecule has 0 aliphatic carbocycles. The third kappa shape index (κ3) is 1.98. The van der Waals surface area contributed by atoms with Crippen molar-refractivity contribution in [2.75, 3.05) is 7.11 Å². The molecule has 1 atom stereocenters. The first-order valence-corrected chi connectivity index (χ1v) is 4.47. The first kappa shape index (κ1) is 10.8. The lowest BCUT2D eigenvalue weighted by Crippen LogP contribution is -2.09. The fourth-order valence-electron chi connectivity index (χ4n) is 1.16. The fraction of sp³-hybridized carbons (Fsp3) is 0.300. The number of nitrogens with zero attached hydrogens (tertiary/aromatic N) is 1. The normalized spacial score (nSPS) is 11.9.